The number of rotatable bonds is 2. The highest BCUT2D eigenvalue weighted by Gasteiger charge is 2.37. The molecule has 1 aliphatic heterocycles. The Morgan fingerprint density at radius 1 is 1.35 bits per heavy atom. The van der Waals surface area contributed by atoms with Crippen LogP contribution in [-0.2, 0) is 14.3 Å². The van der Waals surface area contributed by atoms with Gasteiger partial charge in [0.1, 0.15) is 0 Å². The minimum Gasteiger partial charge on any atom is -0.469 e. The lowest BCUT2D eigenvalue weighted by Gasteiger charge is -2.23. The molecular weight excluding hydrogens is 256 g/mol. The Kier molecular flexibility index (Phi) is 3.70. The summed E-state index contributed by atoms with van der Waals surface area (Å²) in [4.78, 5) is 25.4. The maximum atomic E-state index is 12.2. The van der Waals surface area contributed by atoms with E-state index in [1.165, 1.54) is 7.11 Å². The van der Waals surface area contributed by atoms with Crippen molar-refractivity contribution in [2.24, 2.45) is 5.92 Å². The number of hydrogen-bond acceptors (Lipinski definition) is 4. The number of carbonyl (C=O) groups excluding carboxylic acids is 2. The van der Waals surface area contributed by atoms with Gasteiger partial charge in [-0.1, -0.05) is 6.07 Å². The van der Waals surface area contributed by atoms with Gasteiger partial charge in [-0.25, -0.2) is 0 Å². The lowest BCUT2D eigenvalue weighted by molar-refractivity contribution is -0.145. The van der Waals surface area contributed by atoms with Gasteiger partial charge in [0.05, 0.1) is 18.7 Å². The van der Waals surface area contributed by atoms with E-state index >= 15 is 0 Å². The van der Waals surface area contributed by atoms with Crippen LogP contribution in [0.2, 0.25) is 0 Å². The van der Waals surface area contributed by atoms with E-state index in [4.69, 9.17) is 10.5 Å². The molecule has 1 fully saturated rings. The minimum absolute atomic E-state index is 0.0603. The molecule has 5 heteroatoms. The van der Waals surface area contributed by atoms with Crippen molar-refractivity contribution in [1.29, 1.82) is 0 Å². The maximum absolute atomic E-state index is 12.2. The zero-order valence-corrected chi connectivity index (χ0v) is 12.3. The number of ether oxygens (including phenoxy) is 1. The van der Waals surface area contributed by atoms with Crippen LogP contribution in [0, 0.1) is 26.7 Å². The predicted molar refractivity (Wildman–Crippen MR) is 77.5 cm³/mol. The number of methoxy groups -OCH3 is 1. The van der Waals surface area contributed by atoms with E-state index < -0.39 is 5.92 Å². The number of hydrogen-bond donors (Lipinski definition) is 1. The van der Waals surface area contributed by atoms with Gasteiger partial charge in [-0.2, -0.15) is 0 Å². The second kappa shape index (κ2) is 5.15. The van der Waals surface area contributed by atoms with Crippen molar-refractivity contribution in [3.8, 4) is 0 Å². The largest absolute Gasteiger partial charge is 0.469 e. The smallest absolute Gasteiger partial charge is 0.311 e. The predicted octanol–water partition coefficient (Wildman–Crippen LogP) is 1.72. The Bertz CT molecular complexity index is 581. The van der Waals surface area contributed by atoms with Crippen molar-refractivity contribution >= 4 is 23.3 Å². The lowest BCUT2D eigenvalue weighted by atomic mass is 10.0. The van der Waals surface area contributed by atoms with E-state index in [1.54, 1.807) is 4.90 Å². The van der Waals surface area contributed by atoms with Crippen LogP contribution in [-0.4, -0.2) is 25.5 Å². The number of carbonyl (C=O) groups is 2. The van der Waals surface area contributed by atoms with Gasteiger partial charge in [0.25, 0.3) is 0 Å². The molecule has 1 aliphatic rings. The van der Waals surface area contributed by atoms with Gasteiger partial charge >= 0.3 is 5.97 Å². The van der Waals surface area contributed by atoms with Crippen molar-refractivity contribution in [2.75, 3.05) is 24.3 Å². The molecule has 0 radical (unpaired) electrons. The zero-order valence-electron chi connectivity index (χ0n) is 12.3. The van der Waals surface area contributed by atoms with Crippen LogP contribution in [0.3, 0.4) is 0 Å². The highest BCUT2D eigenvalue weighted by molar-refractivity contribution is 6.01. The fraction of sp³-hybridized carbons (Fsp3) is 0.467. The lowest BCUT2D eigenvalue weighted by Crippen LogP contribution is -2.28. The van der Waals surface area contributed by atoms with Crippen molar-refractivity contribution in [3.05, 3.63) is 22.8 Å². The van der Waals surface area contributed by atoms with E-state index in [-0.39, 0.29) is 18.3 Å². The summed E-state index contributed by atoms with van der Waals surface area (Å²) in [5.41, 5.74) is 10.5. The molecule has 20 heavy (non-hydrogen) atoms. The Labute approximate surface area is 118 Å². The molecule has 2 rings (SSSR count). The number of anilines is 2. The van der Waals surface area contributed by atoms with Gasteiger partial charge in [-0.05, 0) is 37.5 Å². The van der Waals surface area contributed by atoms with Gasteiger partial charge in [-0.3, -0.25) is 9.59 Å². The highest BCUT2D eigenvalue weighted by atomic mass is 16.5. The fourth-order valence-corrected chi connectivity index (χ4v) is 2.85. The quantitative estimate of drug-likeness (QED) is 0.659. The molecule has 0 bridgehead atoms. The third-order valence-electron chi connectivity index (χ3n) is 3.92. The first-order valence-corrected chi connectivity index (χ1v) is 6.61. The summed E-state index contributed by atoms with van der Waals surface area (Å²) in [6.07, 6.45) is 0.194. The van der Waals surface area contributed by atoms with Crippen LogP contribution in [0.1, 0.15) is 23.1 Å². The van der Waals surface area contributed by atoms with Gasteiger partial charge in [-0.15, -0.1) is 0 Å². The SMILES string of the molecule is COC(=O)C1CC(=O)N(c2c(C)cc(C)c(N)c2C)C1. The Hall–Kier alpha value is -2.04. The van der Waals surface area contributed by atoms with Crippen LogP contribution in [0.4, 0.5) is 11.4 Å². The van der Waals surface area contributed by atoms with E-state index in [1.807, 2.05) is 26.8 Å². The maximum Gasteiger partial charge on any atom is 0.311 e. The van der Waals surface area contributed by atoms with Crippen LogP contribution in [0.5, 0.6) is 0 Å². The molecule has 0 aromatic heterocycles. The second-order valence-corrected chi connectivity index (χ2v) is 5.33. The molecule has 2 N–H and O–H groups in total. The third-order valence-corrected chi connectivity index (χ3v) is 3.92. The summed E-state index contributed by atoms with van der Waals surface area (Å²) >= 11 is 0. The molecule has 108 valence electrons. The molecule has 1 atom stereocenters. The molecule has 1 unspecified atom stereocenters. The molecule has 0 saturated carbocycles. The summed E-state index contributed by atoms with van der Waals surface area (Å²) < 4.78 is 4.73. The summed E-state index contributed by atoms with van der Waals surface area (Å²) in [5, 5.41) is 0. The molecule has 1 aromatic rings. The van der Waals surface area contributed by atoms with Crippen molar-refractivity contribution < 1.29 is 14.3 Å². The molecule has 1 aromatic carbocycles. The van der Waals surface area contributed by atoms with Crippen molar-refractivity contribution in [1.82, 2.24) is 0 Å². The molecule has 1 heterocycles. The second-order valence-electron chi connectivity index (χ2n) is 5.33. The summed E-state index contributed by atoms with van der Waals surface area (Å²) in [6, 6.07) is 1.97. The van der Waals surface area contributed by atoms with Crippen molar-refractivity contribution in [3.63, 3.8) is 0 Å². The third kappa shape index (κ3) is 2.24. The molecule has 0 aliphatic carbocycles. The monoisotopic (exact) mass is 276 g/mol. The highest BCUT2D eigenvalue weighted by Crippen LogP contribution is 2.35. The van der Waals surface area contributed by atoms with Crippen LogP contribution < -0.4 is 10.6 Å². The van der Waals surface area contributed by atoms with Gasteiger partial charge < -0.3 is 15.4 Å². The number of nitrogens with zero attached hydrogens (tertiary/aromatic N) is 1. The van der Waals surface area contributed by atoms with E-state index in [0.717, 1.165) is 22.4 Å². The van der Waals surface area contributed by atoms with Gasteiger partial charge in [0.15, 0.2) is 0 Å². The van der Waals surface area contributed by atoms with E-state index in [2.05, 4.69) is 0 Å². The first-order chi connectivity index (χ1) is 9.36. The number of aryl methyl sites for hydroxylation is 2. The summed E-state index contributed by atoms with van der Waals surface area (Å²) in [6.45, 7) is 6.16. The Morgan fingerprint density at radius 3 is 2.60 bits per heavy atom. The summed E-state index contributed by atoms with van der Waals surface area (Å²) in [5.74, 6) is -0.792. The van der Waals surface area contributed by atoms with Crippen LogP contribution >= 0.6 is 0 Å². The first-order valence-electron chi connectivity index (χ1n) is 6.61. The van der Waals surface area contributed by atoms with E-state index in [9.17, 15) is 9.59 Å². The number of nitrogen functional groups attached to an aromatic ring is 1. The van der Waals surface area contributed by atoms with Gasteiger partial charge in [0, 0.05) is 18.7 Å². The number of benzene rings is 1. The van der Waals surface area contributed by atoms with Crippen LogP contribution in [0.25, 0.3) is 0 Å². The topological polar surface area (TPSA) is 72.6 Å². The average molecular weight is 276 g/mol. The number of nitrogens with two attached hydrogens (primary N) is 1. The summed E-state index contributed by atoms with van der Waals surface area (Å²) in [7, 11) is 1.34. The molecule has 5 nitrogen and oxygen atoms in total. The van der Waals surface area contributed by atoms with Gasteiger partial charge in [0.2, 0.25) is 5.91 Å². The number of amides is 1. The normalized spacial score (nSPS) is 18.5. The standard InChI is InChI=1S/C15H20N2O3/c1-8-5-9(2)14(10(3)13(8)16)17-7-11(6-12(17)18)15(19)20-4/h5,11H,6-7,16H2,1-4H3. The molecular formula is C15H20N2O3. The zero-order chi connectivity index (χ0) is 15.0. The fourth-order valence-electron chi connectivity index (χ4n) is 2.85. The van der Waals surface area contributed by atoms with Crippen LogP contribution in [0.15, 0.2) is 6.07 Å². The van der Waals surface area contributed by atoms with Crippen molar-refractivity contribution in [2.45, 2.75) is 27.2 Å². The molecule has 0 spiro atoms. The number of esters is 1. The first kappa shape index (κ1) is 14.4. The average Bonchev–Trinajstić information content (AvgIpc) is 2.77. The molecule has 1 amide bonds. The minimum atomic E-state index is -0.395. The molecule has 1 saturated heterocycles. The Balaban J connectivity index is 2.41. The van der Waals surface area contributed by atoms with E-state index in [0.29, 0.717) is 12.2 Å². The Morgan fingerprint density at radius 2 is 2.00 bits per heavy atom.